The third-order valence-electron chi connectivity index (χ3n) is 7.26. The summed E-state index contributed by atoms with van der Waals surface area (Å²) in [6, 6.07) is 12.2. The van der Waals surface area contributed by atoms with Gasteiger partial charge in [-0.05, 0) is 86.8 Å². The molecule has 0 aliphatic carbocycles. The number of carboxylic acids is 1. The van der Waals surface area contributed by atoms with Crippen molar-refractivity contribution in [2.75, 3.05) is 38.8 Å². The van der Waals surface area contributed by atoms with Crippen LogP contribution in [0.15, 0.2) is 79.6 Å². The maximum Gasteiger partial charge on any atom is 0.326 e. The van der Waals surface area contributed by atoms with Gasteiger partial charge in [0.2, 0.25) is 0 Å². The predicted octanol–water partition coefficient (Wildman–Crippen LogP) is 4.74. The second-order valence-corrected chi connectivity index (χ2v) is 13.1. The van der Waals surface area contributed by atoms with Gasteiger partial charge < -0.3 is 20.5 Å². The number of rotatable bonds is 15. The molecule has 3 N–H and O–H groups in total. The number of carbonyl (C=O) groups excluding carboxylic acids is 1. The maximum atomic E-state index is 13.4. The quantitative estimate of drug-likeness (QED) is 0.192. The van der Waals surface area contributed by atoms with Gasteiger partial charge in [0, 0.05) is 24.4 Å². The number of allylic oxidation sites excluding steroid dienone is 3. The van der Waals surface area contributed by atoms with E-state index in [2.05, 4.69) is 35.6 Å². The lowest BCUT2D eigenvalue weighted by atomic mass is 9.93. The van der Waals surface area contributed by atoms with E-state index in [-0.39, 0.29) is 18.2 Å². The molecule has 240 valence electrons. The molecular formula is C34H47N3O6S. The Balaban J connectivity index is 0.00000159. The van der Waals surface area contributed by atoms with Gasteiger partial charge in [0.15, 0.2) is 0 Å². The van der Waals surface area contributed by atoms with Crippen molar-refractivity contribution in [2.24, 2.45) is 0 Å². The molecule has 0 radical (unpaired) electrons. The molecule has 2 atom stereocenters. The van der Waals surface area contributed by atoms with Gasteiger partial charge in [0.25, 0.3) is 5.91 Å². The Morgan fingerprint density at radius 1 is 1.20 bits per heavy atom. The Kier molecular flexibility index (Phi) is 15.1. The number of aliphatic carboxylic acids is 1. The summed E-state index contributed by atoms with van der Waals surface area (Å²) in [7, 11) is -1.45. The van der Waals surface area contributed by atoms with E-state index in [4.69, 9.17) is 4.74 Å². The number of likely N-dealkylation sites (tertiary alicyclic amines) is 1. The summed E-state index contributed by atoms with van der Waals surface area (Å²) in [6.45, 7) is 14.8. The lowest BCUT2D eigenvalue weighted by Gasteiger charge is -2.25. The molecule has 1 aliphatic heterocycles. The Morgan fingerprint density at radius 2 is 1.91 bits per heavy atom. The first-order valence-corrected chi connectivity index (χ1v) is 16.9. The Morgan fingerprint density at radius 3 is 2.52 bits per heavy atom. The highest BCUT2D eigenvalue weighted by atomic mass is 32.2. The number of nitrogens with one attached hydrogen (secondary N) is 2. The van der Waals surface area contributed by atoms with E-state index in [0.29, 0.717) is 30.0 Å². The molecule has 2 aromatic carbocycles. The first-order valence-electron chi connectivity index (χ1n) is 14.8. The summed E-state index contributed by atoms with van der Waals surface area (Å²) in [5.41, 5.74) is 3.87. The van der Waals surface area contributed by atoms with Crippen LogP contribution in [0.1, 0.15) is 47.7 Å². The molecule has 3 rings (SSSR count). The molecule has 1 unspecified atom stereocenters. The van der Waals surface area contributed by atoms with E-state index in [9.17, 15) is 23.1 Å². The zero-order valence-corrected chi connectivity index (χ0v) is 27.2. The van der Waals surface area contributed by atoms with Gasteiger partial charge in [-0.25, -0.2) is 13.2 Å². The second kappa shape index (κ2) is 18.2. The number of sulfone groups is 1. The highest BCUT2D eigenvalue weighted by Gasteiger charge is 2.27. The fraction of sp³-hybridized carbons (Fsp3) is 0.412. The first-order chi connectivity index (χ1) is 20.9. The third kappa shape index (κ3) is 12.1. The van der Waals surface area contributed by atoms with Crippen molar-refractivity contribution >= 4 is 21.7 Å². The molecule has 0 bridgehead atoms. The molecule has 1 heterocycles. The van der Waals surface area contributed by atoms with Crippen molar-refractivity contribution in [1.82, 2.24) is 15.5 Å². The number of hydrogen-bond acceptors (Lipinski definition) is 7. The highest BCUT2D eigenvalue weighted by Crippen LogP contribution is 2.30. The molecule has 1 aliphatic rings. The van der Waals surface area contributed by atoms with Crippen LogP contribution in [-0.4, -0.2) is 81.1 Å². The number of amides is 1. The van der Waals surface area contributed by atoms with Gasteiger partial charge in [0.05, 0.1) is 5.75 Å². The van der Waals surface area contributed by atoms with Gasteiger partial charge in [-0.2, -0.15) is 0 Å². The van der Waals surface area contributed by atoms with Crippen molar-refractivity contribution in [1.29, 1.82) is 0 Å². The summed E-state index contributed by atoms with van der Waals surface area (Å²) in [5.74, 6) is -1.60. The normalized spacial score (nSPS) is 15.7. The lowest BCUT2D eigenvalue weighted by Crippen LogP contribution is -2.42. The number of aryl methyl sites for hydroxylation is 1. The van der Waals surface area contributed by atoms with E-state index in [1.54, 1.807) is 24.3 Å². The predicted molar refractivity (Wildman–Crippen MR) is 177 cm³/mol. The SMILES string of the molecule is C=C/C=C\C(=C)OC[C@@H]1CCCN1Cc1ccc(C(=O)NC(CCS(C)(=O)=O)C(=O)O)c(-c2ccccc2C)c1.CCNC. The number of carboxylic acid groups (broad SMARTS) is 1. The van der Waals surface area contributed by atoms with Crippen LogP contribution in [-0.2, 0) is 25.9 Å². The summed E-state index contributed by atoms with van der Waals surface area (Å²) < 4.78 is 29.0. The van der Waals surface area contributed by atoms with E-state index >= 15 is 0 Å². The van der Waals surface area contributed by atoms with Gasteiger partial charge in [-0.15, -0.1) is 0 Å². The molecule has 2 aromatic rings. The molecular weight excluding hydrogens is 578 g/mol. The number of benzene rings is 2. The Labute approximate surface area is 262 Å². The molecule has 1 saturated heterocycles. The molecule has 10 heteroatoms. The Bertz CT molecular complexity index is 1420. The van der Waals surface area contributed by atoms with Crippen LogP contribution in [0.3, 0.4) is 0 Å². The fourth-order valence-electron chi connectivity index (χ4n) is 4.76. The van der Waals surface area contributed by atoms with Crippen molar-refractivity contribution in [3.8, 4) is 11.1 Å². The van der Waals surface area contributed by atoms with Crippen molar-refractivity contribution in [3.05, 3.63) is 96.3 Å². The number of hydrogen-bond donors (Lipinski definition) is 3. The maximum absolute atomic E-state index is 13.4. The summed E-state index contributed by atoms with van der Waals surface area (Å²) >= 11 is 0. The average molecular weight is 626 g/mol. The van der Waals surface area contributed by atoms with E-state index < -0.39 is 27.8 Å². The topological polar surface area (TPSA) is 125 Å². The van der Waals surface area contributed by atoms with E-state index in [0.717, 1.165) is 48.9 Å². The summed E-state index contributed by atoms with van der Waals surface area (Å²) in [6.07, 6.45) is 8.11. The van der Waals surface area contributed by atoms with Crippen molar-refractivity contribution in [2.45, 2.75) is 51.7 Å². The number of nitrogens with zero attached hydrogens (tertiary/aromatic N) is 1. The summed E-state index contributed by atoms with van der Waals surface area (Å²) in [5, 5.41) is 15.1. The molecule has 0 saturated carbocycles. The first kappa shape index (κ1) is 36.5. The fourth-order valence-corrected chi connectivity index (χ4v) is 5.43. The van der Waals surface area contributed by atoms with Gasteiger partial charge >= 0.3 is 5.97 Å². The minimum Gasteiger partial charge on any atom is -0.493 e. The monoisotopic (exact) mass is 625 g/mol. The van der Waals surface area contributed by atoms with Crippen LogP contribution in [0.5, 0.6) is 0 Å². The van der Waals surface area contributed by atoms with E-state index in [1.807, 2.05) is 50.4 Å². The van der Waals surface area contributed by atoms with Gasteiger partial charge in [-0.1, -0.05) is 62.6 Å². The minimum atomic E-state index is -3.39. The molecule has 0 aromatic heterocycles. The third-order valence-corrected chi connectivity index (χ3v) is 8.24. The molecule has 0 spiro atoms. The van der Waals surface area contributed by atoms with E-state index in [1.165, 1.54) is 0 Å². The molecule has 9 nitrogen and oxygen atoms in total. The van der Waals surface area contributed by atoms with Gasteiger partial charge in [-0.3, -0.25) is 9.69 Å². The zero-order valence-electron chi connectivity index (χ0n) is 26.3. The van der Waals surface area contributed by atoms with Crippen LogP contribution in [0.25, 0.3) is 11.1 Å². The molecule has 44 heavy (non-hydrogen) atoms. The van der Waals surface area contributed by atoms with Crippen LogP contribution >= 0.6 is 0 Å². The summed E-state index contributed by atoms with van der Waals surface area (Å²) in [4.78, 5) is 27.5. The Hall–Kier alpha value is -3.73. The molecule has 1 fully saturated rings. The number of carbonyl (C=O) groups is 2. The smallest absolute Gasteiger partial charge is 0.326 e. The van der Waals surface area contributed by atoms with Crippen molar-refractivity contribution < 1.29 is 27.9 Å². The minimum absolute atomic E-state index is 0.216. The van der Waals surface area contributed by atoms with Crippen LogP contribution in [0, 0.1) is 6.92 Å². The standard InChI is InChI=1S/C31H38N2O6S.C3H9N/c1-5-6-11-23(3)39-21-25-12-9-17-33(25)20-24-14-15-27(28(19-24)26-13-8-7-10-22(26)2)30(34)32-29(31(35)36)16-18-40(4,37)38;1-3-4-2/h5-8,10-11,13-15,19,25,29H,1,3,9,12,16-18,20-21H2,2,4H3,(H,32,34)(H,35,36);4H,3H2,1-2H3/b11-6-;/t25-,29?;/m0./s1. The van der Waals surface area contributed by atoms with Crippen LogP contribution in [0.4, 0.5) is 0 Å². The van der Waals surface area contributed by atoms with Crippen LogP contribution in [0.2, 0.25) is 0 Å². The highest BCUT2D eigenvalue weighted by molar-refractivity contribution is 7.90. The van der Waals surface area contributed by atoms with Crippen molar-refractivity contribution in [3.63, 3.8) is 0 Å². The van der Waals surface area contributed by atoms with Gasteiger partial charge in [0.1, 0.15) is 28.2 Å². The second-order valence-electron chi connectivity index (χ2n) is 10.8. The number of ether oxygens (including phenoxy) is 1. The zero-order chi connectivity index (χ0) is 32.7. The molecule has 1 amide bonds. The van der Waals surface area contributed by atoms with Crippen LogP contribution < -0.4 is 10.6 Å². The largest absolute Gasteiger partial charge is 0.493 e. The average Bonchev–Trinajstić information content (AvgIpc) is 3.43. The lowest BCUT2D eigenvalue weighted by molar-refractivity contribution is -0.139.